The van der Waals surface area contributed by atoms with E-state index in [-0.39, 0.29) is 11.9 Å². The Morgan fingerprint density at radius 3 is 3.05 bits per heavy atom. The molecule has 4 nitrogen and oxygen atoms in total. The molecule has 0 amide bonds. The van der Waals surface area contributed by atoms with E-state index >= 15 is 0 Å². The van der Waals surface area contributed by atoms with Gasteiger partial charge in [0.1, 0.15) is 5.82 Å². The maximum atomic E-state index is 13.4. The molecule has 1 aromatic carbocycles. The SMILES string of the molecule is COC(=O)c1ccc(F)cc1NC(C)CC1CCCN1. The highest BCUT2D eigenvalue weighted by Gasteiger charge is 2.19. The van der Waals surface area contributed by atoms with Crippen LogP contribution in [0.5, 0.6) is 0 Å². The first-order valence-electron chi connectivity index (χ1n) is 6.98. The summed E-state index contributed by atoms with van der Waals surface area (Å²) >= 11 is 0. The quantitative estimate of drug-likeness (QED) is 0.814. The van der Waals surface area contributed by atoms with E-state index < -0.39 is 5.97 Å². The molecule has 110 valence electrons. The summed E-state index contributed by atoms with van der Waals surface area (Å²) in [5, 5.41) is 6.64. The van der Waals surface area contributed by atoms with Gasteiger partial charge in [0.15, 0.2) is 0 Å². The third kappa shape index (κ3) is 3.70. The lowest BCUT2D eigenvalue weighted by Crippen LogP contribution is -2.29. The van der Waals surface area contributed by atoms with Crippen LogP contribution >= 0.6 is 0 Å². The minimum Gasteiger partial charge on any atom is -0.465 e. The highest BCUT2D eigenvalue weighted by Crippen LogP contribution is 2.21. The number of anilines is 1. The number of esters is 1. The van der Waals surface area contributed by atoms with E-state index in [0.29, 0.717) is 17.3 Å². The van der Waals surface area contributed by atoms with Gasteiger partial charge < -0.3 is 15.4 Å². The normalized spacial score (nSPS) is 19.6. The van der Waals surface area contributed by atoms with E-state index in [4.69, 9.17) is 4.74 Å². The monoisotopic (exact) mass is 280 g/mol. The van der Waals surface area contributed by atoms with Gasteiger partial charge >= 0.3 is 5.97 Å². The number of rotatable bonds is 5. The van der Waals surface area contributed by atoms with E-state index in [1.54, 1.807) is 0 Å². The molecule has 0 aliphatic carbocycles. The van der Waals surface area contributed by atoms with Crippen molar-refractivity contribution in [1.29, 1.82) is 0 Å². The average molecular weight is 280 g/mol. The molecule has 0 spiro atoms. The summed E-state index contributed by atoms with van der Waals surface area (Å²) in [4.78, 5) is 11.7. The van der Waals surface area contributed by atoms with Crippen LogP contribution in [0.15, 0.2) is 18.2 Å². The van der Waals surface area contributed by atoms with Gasteiger partial charge in [-0.05, 0) is 50.9 Å². The van der Waals surface area contributed by atoms with Crippen LogP contribution < -0.4 is 10.6 Å². The summed E-state index contributed by atoms with van der Waals surface area (Å²) in [6.07, 6.45) is 3.31. The topological polar surface area (TPSA) is 50.4 Å². The first kappa shape index (κ1) is 14.8. The van der Waals surface area contributed by atoms with Crippen molar-refractivity contribution in [2.24, 2.45) is 0 Å². The number of benzene rings is 1. The van der Waals surface area contributed by atoms with Crippen molar-refractivity contribution < 1.29 is 13.9 Å². The van der Waals surface area contributed by atoms with Gasteiger partial charge in [-0.25, -0.2) is 9.18 Å². The van der Waals surface area contributed by atoms with Crippen LogP contribution in [0.3, 0.4) is 0 Å². The van der Waals surface area contributed by atoms with Gasteiger partial charge in [0.25, 0.3) is 0 Å². The first-order chi connectivity index (χ1) is 9.60. The molecule has 2 unspecified atom stereocenters. The van der Waals surface area contributed by atoms with Crippen molar-refractivity contribution in [3.8, 4) is 0 Å². The minimum atomic E-state index is -0.460. The predicted octanol–water partition coefficient (Wildman–Crippen LogP) is 2.55. The largest absolute Gasteiger partial charge is 0.465 e. The van der Waals surface area contributed by atoms with E-state index in [1.807, 2.05) is 6.92 Å². The van der Waals surface area contributed by atoms with Crippen molar-refractivity contribution in [3.63, 3.8) is 0 Å². The highest BCUT2D eigenvalue weighted by molar-refractivity contribution is 5.95. The number of ether oxygens (including phenoxy) is 1. The molecule has 0 aromatic heterocycles. The fourth-order valence-electron chi connectivity index (χ4n) is 2.63. The molecule has 0 radical (unpaired) electrons. The summed E-state index contributed by atoms with van der Waals surface area (Å²) in [5.74, 6) is -0.829. The summed E-state index contributed by atoms with van der Waals surface area (Å²) in [6, 6.07) is 4.69. The molecule has 1 fully saturated rings. The van der Waals surface area contributed by atoms with Gasteiger partial charge in [-0.3, -0.25) is 0 Å². The molecule has 1 aliphatic heterocycles. The van der Waals surface area contributed by atoms with Crippen molar-refractivity contribution >= 4 is 11.7 Å². The van der Waals surface area contributed by atoms with Crippen molar-refractivity contribution in [1.82, 2.24) is 5.32 Å². The Morgan fingerprint density at radius 2 is 2.40 bits per heavy atom. The van der Waals surface area contributed by atoms with E-state index in [2.05, 4.69) is 10.6 Å². The number of carbonyl (C=O) groups excluding carboxylic acids is 1. The zero-order valence-electron chi connectivity index (χ0n) is 11.9. The standard InChI is InChI=1S/C15H21FN2O2/c1-10(8-12-4-3-7-17-12)18-14-9-11(16)5-6-13(14)15(19)20-2/h5-6,9-10,12,17-18H,3-4,7-8H2,1-2H3. The molecule has 5 heteroatoms. The lowest BCUT2D eigenvalue weighted by Gasteiger charge is -2.20. The molecule has 2 atom stereocenters. The van der Waals surface area contributed by atoms with Crippen LogP contribution in [0, 0.1) is 5.82 Å². The Bertz CT molecular complexity index is 473. The zero-order valence-corrected chi connectivity index (χ0v) is 11.9. The molecule has 1 saturated heterocycles. The summed E-state index contributed by atoms with van der Waals surface area (Å²) in [5.41, 5.74) is 0.850. The maximum absolute atomic E-state index is 13.4. The fourth-order valence-corrected chi connectivity index (χ4v) is 2.63. The van der Waals surface area contributed by atoms with E-state index in [9.17, 15) is 9.18 Å². The van der Waals surface area contributed by atoms with Gasteiger partial charge in [-0.15, -0.1) is 0 Å². The molecule has 2 N–H and O–H groups in total. The third-order valence-corrected chi connectivity index (χ3v) is 3.59. The molecule has 1 aromatic rings. The number of hydrogen-bond donors (Lipinski definition) is 2. The predicted molar refractivity (Wildman–Crippen MR) is 76.5 cm³/mol. The lowest BCUT2D eigenvalue weighted by molar-refractivity contribution is 0.0601. The Kier molecular flexibility index (Phi) is 4.95. The number of carbonyl (C=O) groups is 1. The lowest BCUT2D eigenvalue weighted by atomic mass is 10.1. The first-order valence-corrected chi connectivity index (χ1v) is 6.98. The second kappa shape index (κ2) is 6.70. The van der Waals surface area contributed by atoms with Crippen LogP contribution in [0.1, 0.15) is 36.5 Å². The van der Waals surface area contributed by atoms with Crippen LogP contribution in [0.2, 0.25) is 0 Å². The number of methoxy groups -OCH3 is 1. The minimum absolute atomic E-state index is 0.149. The molecule has 0 saturated carbocycles. The van der Waals surface area contributed by atoms with E-state index in [1.165, 1.54) is 38.2 Å². The maximum Gasteiger partial charge on any atom is 0.339 e. The third-order valence-electron chi connectivity index (χ3n) is 3.59. The van der Waals surface area contributed by atoms with Gasteiger partial charge in [0.2, 0.25) is 0 Å². The molecule has 20 heavy (non-hydrogen) atoms. The second-order valence-corrected chi connectivity index (χ2v) is 5.26. The van der Waals surface area contributed by atoms with Gasteiger partial charge in [0.05, 0.1) is 18.4 Å². The molecular weight excluding hydrogens is 259 g/mol. The van der Waals surface area contributed by atoms with Crippen molar-refractivity contribution in [2.75, 3.05) is 19.0 Å². The summed E-state index contributed by atoms with van der Waals surface area (Å²) in [7, 11) is 1.32. The Hall–Kier alpha value is -1.62. The molecular formula is C15H21FN2O2. The fraction of sp³-hybridized carbons (Fsp3) is 0.533. The second-order valence-electron chi connectivity index (χ2n) is 5.26. The number of halogens is 1. The average Bonchev–Trinajstić information content (AvgIpc) is 2.90. The van der Waals surface area contributed by atoms with Crippen LogP contribution in [0.25, 0.3) is 0 Å². The van der Waals surface area contributed by atoms with Gasteiger partial charge in [-0.2, -0.15) is 0 Å². The van der Waals surface area contributed by atoms with Crippen molar-refractivity contribution in [3.05, 3.63) is 29.6 Å². The number of hydrogen-bond acceptors (Lipinski definition) is 4. The summed E-state index contributed by atoms with van der Waals surface area (Å²) < 4.78 is 18.1. The Balaban J connectivity index is 2.06. The van der Waals surface area contributed by atoms with Crippen LogP contribution in [0.4, 0.5) is 10.1 Å². The highest BCUT2D eigenvalue weighted by atomic mass is 19.1. The number of nitrogens with one attached hydrogen (secondary N) is 2. The molecule has 2 rings (SSSR count). The molecule has 1 aliphatic rings. The summed E-state index contributed by atoms with van der Waals surface area (Å²) in [6.45, 7) is 3.09. The van der Waals surface area contributed by atoms with Crippen LogP contribution in [-0.2, 0) is 4.74 Å². The van der Waals surface area contributed by atoms with Gasteiger partial charge in [0, 0.05) is 12.1 Å². The smallest absolute Gasteiger partial charge is 0.339 e. The Labute approximate surface area is 118 Å². The van der Waals surface area contributed by atoms with Crippen LogP contribution in [-0.4, -0.2) is 31.7 Å². The molecule has 0 bridgehead atoms. The van der Waals surface area contributed by atoms with Crippen molar-refractivity contribution in [2.45, 2.75) is 38.3 Å². The Morgan fingerprint density at radius 1 is 1.60 bits per heavy atom. The molecule has 1 heterocycles. The van der Waals surface area contributed by atoms with E-state index in [0.717, 1.165) is 13.0 Å². The van der Waals surface area contributed by atoms with Gasteiger partial charge in [-0.1, -0.05) is 0 Å². The zero-order chi connectivity index (χ0) is 14.5.